The van der Waals surface area contributed by atoms with Gasteiger partial charge in [0.05, 0.1) is 5.69 Å². The lowest BCUT2D eigenvalue weighted by Gasteiger charge is -2.19. The summed E-state index contributed by atoms with van der Waals surface area (Å²) in [7, 11) is 1.81. The summed E-state index contributed by atoms with van der Waals surface area (Å²) in [5, 5.41) is 2.77. The first-order valence-corrected chi connectivity index (χ1v) is 7.42. The molecule has 122 valence electrons. The number of Topliss-reactive ketones (excluding diaryl/α,β-unsaturated/α-hetero) is 1. The zero-order valence-electron chi connectivity index (χ0n) is 13.2. The lowest BCUT2D eigenvalue weighted by molar-refractivity contribution is 0.0949. The summed E-state index contributed by atoms with van der Waals surface area (Å²) >= 11 is 0. The van der Waals surface area contributed by atoms with Crippen LogP contribution in [0.4, 0.5) is 10.1 Å². The summed E-state index contributed by atoms with van der Waals surface area (Å²) in [4.78, 5) is 27.7. The summed E-state index contributed by atoms with van der Waals surface area (Å²) in [5.41, 5.74) is 1.38. The first-order valence-electron chi connectivity index (χ1n) is 7.42. The Morgan fingerprint density at radius 3 is 2.70 bits per heavy atom. The van der Waals surface area contributed by atoms with Gasteiger partial charge < -0.3 is 15.2 Å². The van der Waals surface area contributed by atoms with E-state index in [2.05, 4.69) is 10.3 Å². The Morgan fingerprint density at radius 1 is 1.30 bits per heavy atom. The van der Waals surface area contributed by atoms with E-state index in [1.807, 2.05) is 11.9 Å². The molecule has 6 heteroatoms. The van der Waals surface area contributed by atoms with Crippen LogP contribution in [0, 0.1) is 5.82 Å². The van der Waals surface area contributed by atoms with Crippen molar-refractivity contribution < 1.29 is 14.0 Å². The van der Waals surface area contributed by atoms with Crippen LogP contribution in [0.5, 0.6) is 0 Å². The number of rotatable bonds is 7. The fraction of sp³-hybridized carbons (Fsp3) is 0.294. The van der Waals surface area contributed by atoms with Crippen molar-refractivity contribution in [2.45, 2.75) is 13.3 Å². The van der Waals surface area contributed by atoms with E-state index in [1.54, 1.807) is 18.2 Å². The predicted molar refractivity (Wildman–Crippen MR) is 87.4 cm³/mol. The number of carbonyl (C=O) groups excluding carboxylic acids is 2. The first-order chi connectivity index (χ1) is 11.0. The number of amides is 1. The summed E-state index contributed by atoms with van der Waals surface area (Å²) in [5.74, 6) is -0.611. The van der Waals surface area contributed by atoms with Gasteiger partial charge >= 0.3 is 0 Å². The van der Waals surface area contributed by atoms with Crippen molar-refractivity contribution in [3.63, 3.8) is 0 Å². The molecule has 23 heavy (non-hydrogen) atoms. The molecule has 1 aromatic carbocycles. The average Bonchev–Trinajstić information content (AvgIpc) is 3.02. The largest absolute Gasteiger partial charge is 0.372 e. The standard InChI is InChI=1S/C17H20FN3O2/c1-12(22)13-10-15(20-11-13)17(23)19-8-5-9-21(2)16-7-4-3-6-14(16)18/h3-4,6-7,10-11,20H,5,8-9H2,1-2H3,(H,19,23). The van der Waals surface area contributed by atoms with Crippen LogP contribution in [-0.2, 0) is 0 Å². The van der Waals surface area contributed by atoms with Gasteiger partial charge in [-0.05, 0) is 31.5 Å². The number of benzene rings is 1. The molecule has 0 spiro atoms. The lowest BCUT2D eigenvalue weighted by atomic mass is 10.2. The Morgan fingerprint density at radius 2 is 2.04 bits per heavy atom. The summed E-state index contributed by atoms with van der Waals surface area (Å²) in [6.07, 6.45) is 2.19. The third-order valence-corrected chi connectivity index (χ3v) is 3.55. The number of para-hydroxylation sites is 1. The van der Waals surface area contributed by atoms with Gasteiger partial charge in [-0.15, -0.1) is 0 Å². The number of aromatic amines is 1. The van der Waals surface area contributed by atoms with E-state index < -0.39 is 0 Å². The van der Waals surface area contributed by atoms with E-state index in [1.165, 1.54) is 25.3 Å². The number of aromatic nitrogens is 1. The quantitative estimate of drug-likeness (QED) is 0.609. The molecule has 0 aliphatic heterocycles. The molecule has 2 N–H and O–H groups in total. The van der Waals surface area contributed by atoms with Gasteiger partial charge in [0.25, 0.3) is 5.91 Å². The van der Waals surface area contributed by atoms with E-state index in [9.17, 15) is 14.0 Å². The highest BCUT2D eigenvalue weighted by atomic mass is 19.1. The minimum Gasteiger partial charge on any atom is -0.372 e. The van der Waals surface area contributed by atoms with Crippen molar-refractivity contribution in [2.24, 2.45) is 0 Å². The highest BCUT2D eigenvalue weighted by Crippen LogP contribution is 2.16. The van der Waals surface area contributed by atoms with Crippen LogP contribution in [-0.4, -0.2) is 36.8 Å². The minimum atomic E-state index is -0.262. The van der Waals surface area contributed by atoms with Gasteiger partial charge in [0.15, 0.2) is 5.78 Å². The molecule has 0 saturated carbocycles. The number of anilines is 1. The molecule has 0 bridgehead atoms. The second kappa shape index (κ2) is 7.58. The second-order valence-electron chi connectivity index (χ2n) is 5.34. The van der Waals surface area contributed by atoms with Crippen molar-refractivity contribution in [3.8, 4) is 0 Å². The maximum absolute atomic E-state index is 13.6. The SMILES string of the molecule is CC(=O)c1c[nH]c(C(=O)NCCCN(C)c2ccccc2F)c1. The van der Waals surface area contributed by atoms with E-state index >= 15 is 0 Å². The molecule has 0 saturated heterocycles. The van der Waals surface area contributed by atoms with Crippen LogP contribution in [0.1, 0.15) is 34.2 Å². The monoisotopic (exact) mass is 317 g/mol. The van der Waals surface area contributed by atoms with Crippen LogP contribution in [0.3, 0.4) is 0 Å². The van der Waals surface area contributed by atoms with Gasteiger partial charge in [0, 0.05) is 31.9 Å². The van der Waals surface area contributed by atoms with Crippen molar-refractivity contribution in [1.29, 1.82) is 0 Å². The molecule has 1 heterocycles. The summed E-state index contributed by atoms with van der Waals surface area (Å²) in [6, 6.07) is 8.11. The van der Waals surface area contributed by atoms with Crippen LogP contribution >= 0.6 is 0 Å². The fourth-order valence-electron chi connectivity index (χ4n) is 2.22. The Labute approximate surface area is 134 Å². The van der Waals surface area contributed by atoms with E-state index in [0.717, 1.165) is 0 Å². The van der Waals surface area contributed by atoms with E-state index in [0.29, 0.717) is 36.5 Å². The molecule has 1 aromatic heterocycles. The predicted octanol–water partition coefficient (Wildman–Crippen LogP) is 2.61. The maximum Gasteiger partial charge on any atom is 0.267 e. The van der Waals surface area contributed by atoms with Gasteiger partial charge in [-0.1, -0.05) is 12.1 Å². The van der Waals surface area contributed by atoms with Gasteiger partial charge in [-0.25, -0.2) is 4.39 Å². The third kappa shape index (κ3) is 4.42. The molecule has 0 radical (unpaired) electrons. The van der Waals surface area contributed by atoms with Gasteiger partial charge in [-0.3, -0.25) is 9.59 Å². The maximum atomic E-state index is 13.6. The Kier molecular flexibility index (Phi) is 5.51. The fourth-order valence-corrected chi connectivity index (χ4v) is 2.22. The number of H-pyrrole nitrogens is 1. The zero-order chi connectivity index (χ0) is 16.8. The van der Waals surface area contributed by atoms with E-state index in [-0.39, 0.29) is 17.5 Å². The smallest absolute Gasteiger partial charge is 0.267 e. The molecule has 0 atom stereocenters. The summed E-state index contributed by atoms with van der Waals surface area (Å²) in [6.45, 7) is 2.53. The topological polar surface area (TPSA) is 65.2 Å². The highest BCUT2D eigenvalue weighted by molar-refractivity contribution is 5.99. The number of nitrogens with one attached hydrogen (secondary N) is 2. The Balaban J connectivity index is 1.77. The molecule has 0 aliphatic rings. The molecular weight excluding hydrogens is 297 g/mol. The van der Waals surface area contributed by atoms with Crippen molar-refractivity contribution in [3.05, 3.63) is 53.6 Å². The highest BCUT2D eigenvalue weighted by Gasteiger charge is 2.10. The van der Waals surface area contributed by atoms with Crippen LogP contribution in [0.2, 0.25) is 0 Å². The molecule has 2 rings (SSSR count). The number of carbonyl (C=O) groups is 2. The molecule has 5 nitrogen and oxygen atoms in total. The zero-order valence-corrected chi connectivity index (χ0v) is 13.2. The average molecular weight is 317 g/mol. The van der Waals surface area contributed by atoms with Crippen molar-refractivity contribution in [1.82, 2.24) is 10.3 Å². The molecule has 2 aromatic rings. The second-order valence-corrected chi connectivity index (χ2v) is 5.34. The van der Waals surface area contributed by atoms with Crippen LogP contribution < -0.4 is 10.2 Å². The van der Waals surface area contributed by atoms with Gasteiger partial charge in [0.1, 0.15) is 11.5 Å². The molecule has 0 fully saturated rings. The van der Waals surface area contributed by atoms with Crippen molar-refractivity contribution in [2.75, 3.05) is 25.0 Å². The number of halogens is 1. The Hall–Kier alpha value is -2.63. The van der Waals surface area contributed by atoms with Gasteiger partial charge in [0.2, 0.25) is 0 Å². The van der Waals surface area contributed by atoms with Crippen LogP contribution in [0.25, 0.3) is 0 Å². The number of hydrogen-bond acceptors (Lipinski definition) is 3. The lowest BCUT2D eigenvalue weighted by Crippen LogP contribution is -2.28. The molecular formula is C17H20FN3O2. The first kappa shape index (κ1) is 16.7. The van der Waals surface area contributed by atoms with Crippen molar-refractivity contribution >= 4 is 17.4 Å². The van der Waals surface area contributed by atoms with Gasteiger partial charge in [-0.2, -0.15) is 0 Å². The molecule has 1 amide bonds. The normalized spacial score (nSPS) is 10.4. The number of nitrogens with zero attached hydrogens (tertiary/aromatic N) is 1. The van der Waals surface area contributed by atoms with Crippen LogP contribution in [0.15, 0.2) is 36.5 Å². The molecule has 0 unspecified atom stereocenters. The molecule has 0 aliphatic carbocycles. The number of hydrogen-bond donors (Lipinski definition) is 2. The Bertz CT molecular complexity index is 697. The summed E-state index contributed by atoms with van der Waals surface area (Å²) < 4.78 is 13.6. The number of ketones is 1. The van der Waals surface area contributed by atoms with E-state index in [4.69, 9.17) is 0 Å². The minimum absolute atomic E-state index is 0.0909. The third-order valence-electron chi connectivity index (χ3n) is 3.55.